The molecule has 1 unspecified atom stereocenters. The van der Waals surface area contributed by atoms with E-state index in [2.05, 4.69) is 23.7 Å². The molecule has 0 saturated heterocycles. The van der Waals surface area contributed by atoms with Gasteiger partial charge in [-0.3, -0.25) is 0 Å². The maximum Gasteiger partial charge on any atom is 0.124 e. The highest BCUT2D eigenvalue weighted by atomic mass is 32.1. The van der Waals surface area contributed by atoms with Crippen LogP contribution >= 0.6 is 11.3 Å². The van der Waals surface area contributed by atoms with Crippen LogP contribution in [0.5, 0.6) is 11.5 Å². The van der Waals surface area contributed by atoms with Gasteiger partial charge in [-0.05, 0) is 31.4 Å². The molecule has 1 aromatic heterocycles. The molecular weight excluding hydrogens is 246 g/mol. The van der Waals surface area contributed by atoms with Crippen LogP contribution in [-0.4, -0.2) is 10.2 Å². The Balaban J connectivity index is 2.10. The summed E-state index contributed by atoms with van der Waals surface area (Å²) in [6.07, 6.45) is 0. The van der Waals surface area contributed by atoms with Gasteiger partial charge in [0, 0.05) is 28.6 Å². The van der Waals surface area contributed by atoms with Crippen LogP contribution in [0, 0.1) is 0 Å². The maximum absolute atomic E-state index is 9.81. The van der Waals surface area contributed by atoms with Crippen molar-refractivity contribution >= 4 is 11.3 Å². The molecule has 0 radical (unpaired) electrons. The molecule has 0 amide bonds. The van der Waals surface area contributed by atoms with E-state index in [1.807, 2.05) is 13.0 Å². The smallest absolute Gasteiger partial charge is 0.124 e. The van der Waals surface area contributed by atoms with Crippen LogP contribution in [0.3, 0.4) is 0 Å². The van der Waals surface area contributed by atoms with Crippen molar-refractivity contribution in [3.63, 3.8) is 0 Å². The zero-order valence-electron chi connectivity index (χ0n) is 10.4. The molecule has 4 heteroatoms. The molecule has 0 saturated carbocycles. The first kappa shape index (κ1) is 12.9. The summed E-state index contributed by atoms with van der Waals surface area (Å²) in [6, 6.07) is 9.05. The Morgan fingerprint density at radius 3 is 2.50 bits per heavy atom. The number of nitrogens with one attached hydrogen (secondary N) is 1. The molecule has 2 atom stereocenters. The number of hydrogen-bond acceptors (Lipinski definition) is 4. The molecule has 1 heterocycles. The van der Waals surface area contributed by atoms with E-state index < -0.39 is 0 Å². The van der Waals surface area contributed by atoms with Crippen molar-refractivity contribution < 1.29 is 10.2 Å². The van der Waals surface area contributed by atoms with Crippen LogP contribution in [0.4, 0.5) is 0 Å². The van der Waals surface area contributed by atoms with E-state index in [0.29, 0.717) is 0 Å². The predicted molar refractivity (Wildman–Crippen MR) is 74.1 cm³/mol. The Labute approximate surface area is 111 Å². The number of rotatable bonds is 4. The minimum absolute atomic E-state index is 0.0164. The quantitative estimate of drug-likeness (QED) is 0.790. The highest BCUT2D eigenvalue weighted by Crippen LogP contribution is 2.30. The summed E-state index contributed by atoms with van der Waals surface area (Å²) in [6.45, 7) is 4.09. The van der Waals surface area contributed by atoms with Gasteiger partial charge in [-0.2, -0.15) is 0 Å². The van der Waals surface area contributed by atoms with Crippen LogP contribution < -0.4 is 5.32 Å². The van der Waals surface area contributed by atoms with Gasteiger partial charge >= 0.3 is 0 Å². The number of benzene rings is 1. The van der Waals surface area contributed by atoms with Crippen molar-refractivity contribution in [3.05, 3.63) is 46.2 Å². The van der Waals surface area contributed by atoms with Crippen molar-refractivity contribution in [2.45, 2.75) is 25.9 Å². The standard InChI is InChI=1S/C14H17NO2S/c1-9(12-6-5-11(16)8-13(12)17)15-10(2)14-4-3-7-18-14/h3-10,15-17H,1-2H3/t9?,10-/m0/s1. The lowest BCUT2D eigenvalue weighted by Crippen LogP contribution is -2.21. The Bertz CT molecular complexity index is 511. The second kappa shape index (κ2) is 5.42. The molecule has 18 heavy (non-hydrogen) atoms. The molecule has 0 bridgehead atoms. The zero-order valence-corrected chi connectivity index (χ0v) is 11.2. The monoisotopic (exact) mass is 263 g/mol. The number of phenolic OH excluding ortho intramolecular Hbond substituents is 2. The number of hydrogen-bond donors (Lipinski definition) is 3. The van der Waals surface area contributed by atoms with Crippen LogP contribution in [0.2, 0.25) is 0 Å². The average molecular weight is 263 g/mol. The van der Waals surface area contributed by atoms with Crippen molar-refractivity contribution in [1.82, 2.24) is 5.32 Å². The molecule has 2 rings (SSSR count). The fraction of sp³-hybridized carbons (Fsp3) is 0.286. The lowest BCUT2D eigenvalue weighted by Gasteiger charge is -2.20. The number of thiophene rings is 1. The van der Waals surface area contributed by atoms with E-state index >= 15 is 0 Å². The van der Waals surface area contributed by atoms with Crippen molar-refractivity contribution in [3.8, 4) is 11.5 Å². The van der Waals surface area contributed by atoms with Crippen molar-refractivity contribution in [2.75, 3.05) is 0 Å². The number of aromatic hydroxyl groups is 2. The predicted octanol–water partition coefficient (Wildman–Crippen LogP) is 3.57. The van der Waals surface area contributed by atoms with E-state index in [1.54, 1.807) is 23.5 Å². The van der Waals surface area contributed by atoms with Gasteiger partial charge < -0.3 is 15.5 Å². The van der Waals surface area contributed by atoms with Crippen LogP contribution in [0.15, 0.2) is 35.7 Å². The van der Waals surface area contributed by atoms with Gasteiger partial charge in [0.15, 0.2) is 0 Å². The normalized spacial score (nSPS) is 14.3. The third-order valence-electron chi connectivity index (χ3n) is 2.95. The Hall–Kier alpha value is -1.52. The second-order valence-electron chi connectivity index (χ2n) is 4.37. The summed E-state index contributed by atoms with van der Waals surface area (Å²) in [5.41, 5.74) is 0.788. The highest BCUT2D eigenvalue weighted by molar-refractivity contribution is 7.10. The van der Waals surface area contributed by atoms with Crippen molar-refractivity contribution in [2.24, 2.45) is 0 Å². The fourth-order valence-corrected chi connectivity index (χ4v) is 2.73. The SMILES string of the molecule is CC(N[C@@H](C)c1cccs1)c1ccc(O)cc1O. The maximum atomic E-state index is 9.81. The lowest BCUT2D eigenvalue weighted by molar-refractivity contribution is 0.428. The van der Waals surface area contributed by atoms with Gasteiger partial charge in [0.1, 0.15) is 11.5 Å². The van der Waals surface area contributed by atoms with E-state index in [4.69, 9.17) is 0 Å². The zero-order chi connectivity index (χ0) is 13.1. The minimum Gasteiger partial charge on any atom is -0.508 e. The molecule has 0 aliphatic rings. The molecular formula is C14H17NO2S. The minimum atomic E-state index is 0.0164. The summed E-state index contributed by atoms with van der Waals surface area (Å²) in [5.74, 6) is 0.197. The topological polar surface area (TPSA) is 52.5 Å². The summed E-state index contributed by atoms with van der Waals surface area (Å²) in [7, 11) is 0. The molecule has 3 N–H and O–H groups in total. The largest absolute Gasteiger partial charge is 0.508 e. The fourth-order valence-electron chi connectivity index (χ4n) is 1.98. The van der Waals surface area contributed by atoms with Crippen molar-refractivity contribution in [1.29, 1.82) is 0 Å². The highest BCUT2D eigenvalue weighted by Gasteiger charge is 2.14. The Kier molecular flexibility index (Phi) is 3.89. The Morgan fingerprint density at radius 1 is 1.11 bits per heavy atom. The molecule has 3 nitrogen and oxygen atoms in total. The van der Waals surface area contributed by atoms with E-state index in [1.165, 1.54) is 10.9 Å². The third-order valence-corrected chi connectivity index (χ3v) is 4.01. The molecule has 96 valence electrons. The molecule has 0 aliphatic carbocycles. The summed E-state index contributed by atoms with van der Waals surface area (Å²) in [4.78, 5) is 1.26. The van der Waals surface area contributed by atoms with E-state index in [-0.39, 0.29) is 23.6 Å². The lowest BCUT2D eigenvalue weighted by atomic mass is 10.1. The van der Waals surface area contributed by atoms with Gasteiger partial charge in [-0.15, -0.1) is 11.3 Å². The summed E-state index contributed by atoms with van der Waals surface area (Å²) >= 11 is 1.71. The first-order valence-electron chi connectivity index (χ1n) is 5.89. The number of phenols is 2. The van der Waals surface area contributed by atoms with Gasteiger partial charge in [-0.1, -0.05) is 12.1 Å². The first-order valence-corrected chi connectivity index (χ1v) is 6.77. The molecule has 0 aliphatic heterocycles. The van der Waals surface area contributed by atoms with Crippen LogP contribution in [0.25, 0.3) is 0 Å². The third kappa shape index (κ3) is 2.83. The molecule has 0 spiro atoms. The average Bonchev–Trinajstić information content (AvgIpc) is 2.81. The molecule has 2 aromatic rings. The van der Waals surface area contributed by atoms with E-state index in [9.17, 15) is 10.2 Å². The summed E-state index contributed by atoms with van der Waals surface area (Å²) in [5, 5.41) is 24.6. The van der Waals surface area contributed by atoms with Gasteiger partial charge in [-0.25, -0.2) is 0 Å². The molecule has 0 fully saturated rings. The van der Waals surface area contributed by atoms with Crippen LogP contribution in [0.1, 0.15) is 36.4 Å². The molecule has 1 aromatic carbocycles. The second-order valence-corrected chi connectivity index (χ2v) is 5.35. The van der Waals surface area contributed by atoms with Gasteiger partial charge in [0.25, 0.3) is 0 Å². The Morgan fingerprint density at radius 2 is 1.89 bits per heavy atom. The van der Waals surface area contributed by atoms with Gasteiger partial charge in [0.05, 0.1) is 0 Å². The first-order chi connectivity index (χ1) is 8.58. The van der Waals surface area contributed by atoms with E-state index in [0.717, 1.165) is 5.56 Å². The van der Waals surface area contributed by atoms with Crippen LogP contribution in [-0.2, 0) is 0 Å². The summed E-state index contributed by atoms with van der Waals surface area (Å²) < 4.78 is 0. The van der Waals surface area contributed by atoms with Gasteiger partial charge in [0.2, 0.25) is 0 Å².